The Balaban J connectivity index is 1.66. The van der Waals surface area contributed by atoms with Gasteiger partial charge >= 0.3 is 0 Å². The Hall–Kier alpha value is -3.28. The molecule has 0 bridgehead atoms. The molecule has 1 N–H and O–H groups in total. The highest BCUT2D eigenvalue weighted by Crippen LogP contribution is 2.36. The van der Waals surface area contributed by atoms with E-state index in [1.54, 1.807) is 6.07 Å². The van der Waals surface area contributed by atoms with Gasteiger partial charge in [0.15, 0.2) is 0 Å². The van der Waals surface area contributed by atoms with Gasteiger partial charge in [-0.25, -0.2) is 14.4 Å². The molecule has 0 aliphatic carbocycles. The summed E-state index contributed by atoms with van der Waals surface area (Å²) in [6.07, 6.45) is 0.907. The van der Waals surface area contributed by atoms with Crippen LogP contribution in [-0.2, 0) is 6.42 Å². The van der Waals surface area contributed by atoms with Crippen LogP contribution < -0.4 is 10.2 Å². The number of aromatic nitrogens is 2. The summed E-state index contributed by atoms with van der Waals surface area (Å²) in [4.78, 5) is 23.8. The monoisotopic (exact) mass is 362 g/mol. The minimum Gasteiger partial charge on any atom is -0.321 e. The normalized spacial score (nSPS) is 15.5. The largest absolute Gasteiger partial charge is 0.321 e. The highest BCUT2D eigenvalue weighted by Gasteiger charge is 2.29. The molecular weight excluding hydrogens is 343 g/mol. The molecule has 5 nitrogen and oxygen atoms in total. The first-order chi connectivity index (χ1) is 13.0. The Bertz CT molecular complexity index is 1000. The molecule has 1 aliphatic rings. The molecule has 0 spiro atoms. The van der Waals surface area contributed by atoms with Gasteiger partial charge in [-0.2, -0.15) is 0 Å². The van der Waals surface area contributed by atoms with Gasteiger partial charge < -0.3 is 10.2 Å². The van der Waals surface area contributed by atoms with E-state index in [4.69, 9.17) is 0 Å². The summed E-state index contributed by atoms with van der Waals surface area (Å²) < 4.78 is 13.0. The van der Waals surface area contributed by atoms with E-state index in [1.807, 2.05) is 25.1 Å². The molecule has 1 amide bonds. The maximum Gasteiger partial charge on any atom is 0.274 e. The fourth-order valence-corrected chi connectivity index (χ4v) is 3.38. The number of halogens is 1. The Labute approximate surface area is 156 Å². The SMILES string of the molecule is Cc1cc(C(=O)Nc2ccc(F)cc2)nc(N2c3ccccc3CC2C)n1. The number of aryl methyl sites for hydroxylation is 1. The lowest BCUT2D eigenvalue weighted by atomic mass is 10.1. The fraction of sp³-hybridized carbons (Fsp3) is 0.190. The summed E-state index contributed by atoms with van der Waals surface area (Å²) in [5, 5.41) is 2.75. The van der Waals surface area contributed by atoms with Crippen molar-refractivity contribution >= 4 is 23.2 Å². The smallest absolute Gasteiger partial charge is 0.274 e. The first-order valence-corrected chi connectivity index (χ1v) is 8.81. The second-order valence-corrected chi connectivity index (χ2v) is 6.71. The number of para-hydroxylation sites is 1. The molecule has 27 heavy (non-hydrogen) atoms. The van der Waals surface area contributed by atoms with Gasteiger partial charge in [0.1, 0.15) is 11.5 Å². The third-order valence-corrected chi connectivity index (χ3v) is 4.60. The van der Waals surface area contributed by atoms with Crippen molar-refractivity contribution in [3.63, 3.8) is 0 Å². The fourth-order valence-electron chi connectivity index (χ4n) is 3.38. The number of carbonyl (C=O) groups is 1. The number of amides is 1. The highest BCUT2D eigenvalue weighted by molar-refractivity contribution is 6.03. The van der Waals surface area contributed by atoms with Crippen molar-refractivity contribution in [3.8, 4) is 0 Å². The van der Waals surface area contributed by atoms with Gasteiger partial charge in [0.2, 0.25) is 5.95 Å². The number of hydrogen-bond donors (Lipinski definition) is 1. The third-order valence-electron chi connectivity index (χ3n) is 4.60. The Kier molecular flexibility index (Phi) is 4.32. The number of anilines is 3. The zero-order valence-corrected chi connectivity index (χ0v) is 15.1. The first-order valence-electron chi connectivity index (χ1n) is 8.81. The molecular formula is C21H19FN4O. The number of hydrogen-bond acceptors (Lipinski definition) is 4. The zero-order chi connectivity index (χ0) is 19.0. The average Bonchev–Trinajstić information content (AvgIpc) is 2.98. The molecule has 136 valence electrons. The summed E-state index contributed by atoms with van der Waals surface area (Å²) in [7, 11) is 0. The maximum absolute atomic E-state index is 13.0. The van der Waals surface area contributed by atoms with Crippen molar-refractivity contribution in [3.05, 3.63) is 77.4 Å². The van der Waals surface area contributed by atoms with Crippen LogP contribution in [0.3, 0.4) is 0 Å². The van der Waals surface area contributed by atoms with Crippen LogP contribution in [-0.4, -0.2) is 21.9 Å². The molecule has 1 unspecified atom stereocenters. The van der Waals surface area contributed by atoms with Crippen molar-refractivity contribution < 1.29 is 9.18 Å². The topological polar surface area (TPSA) is 58.1 Å². The Morgan fingerprint density at radius 2 is 1.89 bits per heavy atom. The van der Waals surface area contributed by atoms with Crippen molar-refractivity contribution in [1.82, 2.24) is 9.97 Å². The minimum atomic E-state index is -0.353. The molecule has 6 heteroatoms. The van der Waals surface area contributed by atoms with Crippen LogP contribution in [0.25, 0.3) is 0 Å². The number of carbonyl (C=O) groups excluding carboxylic acids is 1. The molecule has 1 aromatic heterocycles. The lowest BCUT2D eigenvalue weighted by Gasteiger charge is -2.23. The average molecular weight is 362 g/mol. The van der Waals surface area contributed by atoms with Crippen molar-refractivity contribution in [2.45, 2.75) is 26.3 Å². The summed E-state index contributed by atoms with van der Waals surface area (Å²) >= 11 is 0. The molecule has 0 fully saturated rings. The second-order valence-electron chi connectivity index (χ2n) is 6.71. The predicted molar refractivity (Wildman–Crippen MR) is 103 cm³/mol. The second kappa shape index (κ2) is 6.79. The minimum absolute atomic E-state index is 0.206. The van der Waals surface area contributed by atoms with E-state index in [0.29, 0.717) is 17.3 Å². The maximum atomic E-state index is 13.0. The zero-order valence-electron chi connectivity index (χ0n) is 15.1. The van der Waals surface area contributed by atoms with Crippen LogP contribution in [0.1, 0.15) is 28.7 Å². The van der Waals surface area contributed by atoms with Crippen LogP contribution in [0.4, 0.5) is 21.7 Å². The van der Waals surface area contributed by atoms with Gasteiger partial charge in [-0.1, -0.05) is 18.2 Å². The van der Waals surface area contributed by atoms with Gasteiger partial charge in [-0.05, 0) is 62.2 Å². The van der Waals surface area contributed by atoms with E-state index in [0.717, 1.165) is 12.1 Å². The van der Waals surface area contributed by atoms with Crippen molar-refractivity contribution in [1.29, 1.82) is 0 Å². The highest BCUT2D eigenvalue weighted by atomic mass is 19.1. The van der Waals surface area contributed by atoms with Crippen LogP contribution >= 0.6 is 0 Å². The quantitative estimate of drug-likeness (QED) is 0.756. The third kappa shape index (κ3) is 3.38. The molecule has 2 aromatic carbocycles. The van der Waals surface area contributed by atoms with Gasteiger partial charge in [0.25, 0.3) is 5.91 Å². The van der Waals surface area contributed by atoms with Gasteiger partial charge in [0.05, 0.1) is 0 Å². The van der Waals surface area contributed by atoms with Gasteiger partial charge in [-0.3, -0.25) is 4.79 Å². The molecule has 0 saturated heterocycles. The van der Waals surface area contributed by atoms with Gasteiger partial charge in [-0.15, -0.1) is 0 Å². The van der Waals surface area contributed by atoms with Gasteiger partial charge in [0, 0.05) is 23.1 Å². The Morgan fingerprint density at radius 1 is 1.15 bits per heavy atom. The molecule has 3 aromatic rings. The van der Waals surface area contributed by atoms with Crippen LogP contribution in [0.5, 0.6) is 0 Å². The first kappa shape index (κ1) is 17.1. The number of fused-ring (bicyclic) bond motifs is 1. The van der Waals surface area contributed by atoms with Crippen LogP contribution in [0.2, 0.25) is 0 Å². The summed E-state index contributed by atoms with van der Waals surface area (Å²) in [5.41, 5.74) is 3.81. The van der Waals surface area contributed by atoms with Crippen molar-refractivity contribution in [2.24, 2.45) is 0 Å². The molecule has 0 radical (unpaired) electrons. The van der Waals surface area contributed by atoms with E-state index in [2.05, 4.69) is 33.2 Å². The van der Waals surface area contributed by atoms with E-state index < -0.39 is 0 Å². The molecule has 2 heterocycles. The van der Waals surface area contributed by atoms with Crippen molar-refractivity contribution in [2.75, 3.05) is 10.2 Å². The van der Waals surface area contributed by atoms with Crippen LogP contribution in [0, 0.1) is 12.7 Å². The lowest BCUT2D eigenvalue weighted by Crippen LogP contribution is -2.27. The number of rotatable bonds is 3. The van der Waals surface area contributed by atoms with E-state index in [-0.39, 0.29) is 23.5 Å². The summed E-state index contributed by atoms with van der Waals surface area (Å²) in [6.45, 7) is 3.95. The number of nitrogens with one attached hydrogen (secondary N) is 1. The molecule has 1 aliphatic heterocycles. The summed E-state index contributed by atoms with van der Waals surface area (Å²) in [5.74, 6) is -0.194. The van der Waals surface area contributed by atoms with Crippen LogP contribution in [0.15, 0.2) is 54.6 Å². The lowest BCUT2D eigenvalue weighted by molar-refractivity contribution is 0.102. The van der Waals surface area contributed by atoms with E-state index >= 15 is 0 Å². The van der Waals surface area contributed by atoms with E-state index in [9.17, 15) is 9.18 Å². The standard InChI is InChI=1S/C21H19FN4O/c1-13-11-18(20(27)24-17-9-7-16(22)8-10-17)25-21(23-13)26-14(2)12-15-5-3-4-6-19(15)26/h3-11,14H,12H2,1-2H3,(H,24,27). The number of benzene rings is 2. The summed E-state index contributed by atoms with van der Waals surface area (Å²) in [6, 6.07) is 15.6. The molecule has 1 atom stereocenters. The Morgan fingerprint density at radius 3 is 2.67 bits per heavy atom. The molecule has 4 rings (SSSR count). The van der Waals surface area contributed by atoms with E-state index in [1.165, 1.54) is 29.8 Å². The molecule has 0 saturated carbocycles. The number of nitrogens with zero attached hydrogens (tertiary/aromatic N) is 3. The predicted octanol–water partition coefficient (Wildman–Crippen LogP) is 4.26.